The van der Waals surface area contributed by atoms with Crippen LogP contribution in [0.1, 0.15) is 61.8 Å². The van der Waals surface area contributed by atoms with Crippen LogP contribution in [0.2, 0.25) is 0 Å². The summed E-state index contributed by atoms with van der Waals surface area (Å²) >= 11 is 0. The summed E-state index contributed by atoms with van der Waals surface area (Å²) in [6, 6.07) is 16.9. The van der Waals surface area contributed by atoms with Crippen LogP contribution in [-0.2, 0) is 16.1 Å². The van der Waals surface area contributed by atoms with E-state index in [0.717, 1.165) is 70.8 Å². The largest absolute Gasteiger partial charge is 0.445 e. The number of anilines is 1. The van der Waals surface area contributed by atoms with Gasteiger partial charge in [-0.1, -0.05) is 36.4 Å². The molecule has 3 aliphatic rings. The van der Waals surface area contributed by atoms with Gasteiger partial charge in [-0.3, -0.25) is 9.69 Å². The van der Waals surface area contributed by atoms with Crippen molar-refractivity contribution in [3.05, 3.63) is 65.2 Å². The molecule has 0 spiro atoms. The van der Waals surface area contributed by atoms with Gasteiger partial charge in [0.05, 0.1) is 6.04 Å². The minimum atomic E-state index is -0.210. The molecule has 2 amide bonds. The first-order chi connectivity index (χ1) is 18.1. The molecule has 37 heavy (non-hydrogen) atoms. The zero-order valence-electron chi connectivity index (χ0n) is 22.3. The first-order valence-electron chi connectivity index (χ1n) is 13.9. The summed E-state index contributed by atoms with van der Waals surface area (Å²) < 4.78 is 5.70. The van der Waals surface area contributed by atoms with Gasteiger partial charge in [0.1, 0.15) is 6.61 Å². The van der Waals surface area contributed by atoms with Crippen molar-refractivity contribution < 1.29 is 14.3 Å². The molecule has 2 bridgehead atoms. The van der Waals surface area contributed by atoms with E-state index in [2.05, 4.69) is 28.0 Å². The van der Waals surface area contributed by atoms with Crippen LogP contribution in [0.3, 0.4) is 0 Å². The number of likely N-dealkylation sites (tertiary alicyclic amines) is 1. The highest BCUT2D eigenvalue weighted by molar-refractivity contribution is 5.76. The fourth-order valence-electron chi connectivity index (χ4n) is 6.20. The predicted octanol–water partition coefficient (Wildman–Crippen LogP) is 4.64. The molecular weight excluding hydrogens is 464 g/mol. The molecule has 2 aliphatic heterocycles. The highest BCUT2D eigenvalue weighted by Gasteiger charge is 2.41. The van der Waals surface area contributed by atoms with Gasteiger partial charge in [0, 0.05) is 64.5 Å². The molecule has 0 aromatic heterocycles. The Kier molecular flexibility index (Phi) is 7.99. The lowest BCUT2D eigenvalue weighted by Gasteiger charge is -2.37. The van der Waals surface area contributed by atoms with E-state index >= 15 is 0 Å². The number of fused-ring (bicyclic) bond motifs is 5. The molecule has 5 rings (SSSR count). The molecule has 7 nitrogen and oxygen atoms in total. The molecule has 0 radical (unpaired) electrons. The summed E-state index contributed by atoms with van der Waals surface area (Å²) in [5.41, 5.74) is 4.95. The van der Waals surface area contributed by atoms with Crippen LogP contribution in [0.15, 0.2) is 48.5 Å². The molecule has 2 atom stereocenters. The summed E-state index contributed by atoms with van der Waals surface area (Å²) in [5, 5.41) is 0. The van der Waals surface area contributed by atoms with Crippen molar-refractivity contribution in [2.45, 2.75) is 51.7 Å². The third kappa shape index (κ3) is 5.61. The van der Waals surface area contributed by atoms with Gasteiger partial charge in [0.15, 0.2) is 0 Å². The molecule has 2 fully saturated rings. The highest BCUT2D eigenvalue weighted by Crippen LogP contribution is 2.50. The number of hydrogen-bond donors (Lipinski definition) is 0. The third-order valence-electron chi connectivity index (χ3n) is 8.41. The van der Waals surface area contributed by atoms with Crippen LogP contribution in [-0.4, -0.2) is 79.1 Å². The van der Waals surface area contributed by atoms with Crippen molar-refractivity contribution >= 4 is 17.7 Å². The van der Waals surface area contributed by atoms with Gasteiger partial charge in [0.25, 0.3) is 0 Å². The predicted molar refractivity (Wildman–Crippen MR) is 146 cm³/mol. The molecular formula is C30H40N4O3. The number of carbonyl (C=O) groups excluding carboxylic acids is 2. The lowest BCUT2D eigenvalue weighted by molar-refractivity contribution is -0.131. The summed E-state index contributed by atoms with van der Waals surface area (Å²) in [5.74, 6) is 0.788. The van der Waals surface area contributed by atoms with Gasteiger partial charge < -0.3 is 19.4 Å². The summed E-state index contributed by atoms with van der Waals surface area (Å²) in [7, 11) is 0. The Morgan fingerprint density at radius 1 is 0.946 bits per heavy atom. The van der Waals surface area contributed by atoms with Crippen molar-refractivity contribution in [3.8, 4) is 0 Å². The van der Waals surface area contributed by atoms with Crippen LogP contribution in [0.5, 0.6) is 0 Å². The summed E-state index contributed by atoms with van der Waals surface area (Å²) in [4.78, 5) is 34.1. The van der Waals surface area contributed by atoms with Gasteiger partial charge >= 0.3 is 6.09 Å². The van der Waals surface area contributed by atoms with Gasteiger partial charge in [-0.15, -0.1) is 0 Å². The van der Waals surface area contributed by atoms with E-state index in [-0.39, 0.29) is 18.0 Å². The number of benzene rings is 2. The molecule has 1 aliphatic carbocycles. The molecule has 0 unspecified atom stereocenters. The molecule has 2 aromatic carbocycles. The summed E-state index contributed by atoms with van der Waals surface area (Å²) in [6.45, 7) is 11.4. The first kappa shape index (κ1) is 25.6. The average molecular weight is 505 g/mol. The van der Waals surface area contributed by atoms with Crippen molar-refractivity contribution in [1.29, 1.82) is 0 Å². The smallest absolute Gasteiger partial charge is 0.410 e. The standard InChI is InChI=1S/C30H40N4O3/c1-3-32(4-2)29(35)13-14-31-16-18-33(19-17-31)25-10-11-26-24-12-15-34(28(20-24)27(26)21-25)30(36)37-22-23-8-6-5-7-9-23/h5-11,21,24,28H,3-4,12-20,22H2,1-2H3/t24-,28+/m1/s1. The number of piperazine rings is 1. The van der Waals surface area contributed by atoms with Crippen molar-refractivity contribution in [2.75, 3.05) is 57.3 Å². The average Bonchev–Trinajstić information content (AvgIpc) is 3.23. The minimum absolute atomic E-state index is 0.101. The molecule has 0 N–H and O–H groups in total. The maximum atomic E-state index is 13.0. The van der Waals surface area contributed by atoms with E-state index in [1.54, 1.807) is 0 Å². The highest BCUT2D eigenvalue weighted by atomic mass is 16.6. The second-order valence-electron chi connectivity index (χ2n) is 10.4. The molecule has 0 saturated carbocycles. The van der Waals surface area contributed by atoms with E-state index in [0.29, 0.717) is 18.9 Å². The molecule has 198 valence electrons. The summed E-state index contributed by atoms with van der Waals surface area (Å²) in [6.07, 6.45) is 2.38. The second kappa shape index (κ2) is 11.5. The van der Waals surface area contributed by atoms with Crippen molar-refractivity contribution in [3.63, 3.8) is 0 Å². The molecule has 2 aromatic rings. The van der Waals surface area contributed by atoms with Crippen LogP contribution in [0.4, 0.5) is 10.5 Å². The van der Waals surface area contributed by atoms with Gasteiger partial charge in [0.2, 0.25) is 5.91 Å². The zero-order valence-corrected chi connectivity index (χ0v) is 22.3. The maximum absolute atomic E-state index is 13.0. The van der Waals surface area contributed by atoms with E-state index < -0.39 is 0 Å². The van der Waals surface area contributed by atoms with Gasteiger partial charge in [-0.25, -0.2) is 4.79 Å². The van der Waals surface area contributed by atoms with Gasteiger partial charge in [-0.05, 0) is 61.4 Å². The lowest BCUT2D eigenvalue weighted by atomic mass is 9.96. The molecule has 2 heterocycles. The fraction of sp³-hybridized carbons (Fsp3) is 0.533. The van der Waals surface area contributed by atoms with E-state index in [9.17, 15) is 9.59 Å². The molecule has 2 saturated heterocycles. The Morgan fingerprint density at radius 3 is 2.43 bits per heavy atom. The number of rotatable bonds is 8. The SMILES string of the molecule is CCN(CC)C(=O)CCN1CCN(c2ccc3c(c2)[C@@H]2C[C@H]3CCN2C(=O)OCc2ccccc2)CC1. The van der Waals surface area contributed by atoms with Crippen LogP contribution in [0, 0.1) is 0 Å². The Hall–Kier alpha value is -3.06. The topological polar surface area (TPSA) is 56.3 Å². The van der Waals surface area contributed by atoms with E-state index in [4.69, 9.17) is 4.74 Å². The number of carbonyl (C=O) groups is 2. The Balaban J connectivity index is 1.18. The van der Waals surface area contributed by atoms with Crippen LogP contribution < -0.4 is 4.90 Å². The maximum Gasteiger partial charge on any atom is 0.410 e. The Bertz CT molecular complexity index is 1080. The molecule has 7 heteroatoms. The number of nitrogens with zero attached hydrogens (tertiary/aromatic N) is 4. The monoisotopic (exact) mass is 504 g/mol. The van der Waals surface area contributed by atoms with Gasteiger partial charge in [-0.2, -0.15) is 0 Å². The second-order valence-corrected chi connectivity index (χ2v) is 10.4. The number of piperidine rings is 1. The Labute approximate surface area is 221 Å². The lowest BCUT2D eigenvalue weighted by Crippen LogP contribution is -2.47. The number of amides is 2. The van der Waals surface area contributed by atoms with Crippen molar-refractivity contribution in [1.82, 2.24) is 14.7 Å². The fourth-order valence-corrected chi connectivity index (χ4v) is 6.20. The quantitative estimate of drug-likeness (QED) is 0.524. The number of ether oxygens (including phenoxy) is 1. The van der Waals surface area contributed by atoms with Crippen molar-refractivity contribution in [2.24, 2.45) is 0 Å². The van der Waals surface area contributed by atoms with Crippen LogP contribution in [0.25, 0.3) is 0 Å². The normalized spacial score (nSPS) is 21.0. The third-order valence-corrected chi connectivity index (χ3v) is 8.41. The minimum Gasteiger partial charge on any atom is -0.445 e. The first-order valence-corrected chi connectivity index (χ1v) is 13.9. The van der Waals surface area contributed by atoms with E-state index in [1.807, 2.05) is 54.0 Å². The zero-order chi connectivity index (χ0) is 25.8. The number of hydrogen-bond acceptors (Lipinski definition) is 5. The van der Waals surface area contributed by atoms with Crippen LogP contribution >= 0.6 is 0 Å². The Morgan fingerprint density at radius 2 is 1.70 bits per heavy atom. The van der Waals surface area contributed by atoms with E-state index in [1.165, 1.54) is 16.8 Å².